The summed E-state index contributed by atoms with van der Waals surface area (Å²) in [6.07, 6.45) is 4.16. The van der Waals surface area contributed by atoms with E-state index in [2.05, 4.69) is 78.2 Å². The molecule has 0 saturated carbocycles. The Morgan fingerprint density at radius 2 is 1.85 bits per heavy atom. The average Bonchev–Trinajstić information content (AvgIpc) is 3.01. The number of rotatable bonds is 1. The number of hydrogen-bond donors (Lipinski definition) is 0. The highest BCUT2D eigenvalue weighted by atomic mass is 32.1. The molecule has 0 atom stereocenters. The average molecular weight is 279 g/mol. The SMILES string of the molecule is Cc1cc2sc3ccccc3c2cc1-n1ccc[n+]1C. The van der Waals surface area contributed by atoms with Crippen molar-refractivity contribution in [3.8, 4) is 5.69 Å². The molecule has 2 nitrogen and oxygen atoms in total. The van der Waals surface area contributed by atoms with Gasteiger partial charge in [-0.3, -0.25) is 0 Å². The van der Waals surface area contributed by atoms with E-state index in [1.165, 1.54) is 31.4 Å². The van der Waals surface area contributed by atoms with Crippen molar-refractivity contribution < 1.29 is 4.68 Å². The highest BCUT2D eigenvalue weighted by Crippen LogP contribution is 2.35. The van der Waals surface area contributed by atoms with E-state index in [1.54, 1.807) is 0 Å². The van der Waals surface area contributed by atoms with Crippen molar-refractivity contribution in [3.63, 3.8) is 0 Å². The second-order valence-corrected chi connectivity index (χ2v) is 6.23. The van der Waals surface area contributed by atoms with Gasteiger partial charge in [-0.1, -0.05) is 18.2 Å². The lowest BCUT2D eigenvalue weighted by Crippen LogP contribution is -2.36. The molecule has 0 unspecified atom stereocenters. The summed E-state index contributed by atoms with van der Waals surface area (Å²) in [5.74, 6) is 0. The highest BCUT2D eigenvalue weighted by molar-refractivity contribution is 7.25. The first-order valence-corrected chi connectivity index (χ1v) is 7.51. The molecule has 20 heavy (non-hydrogen) atoms. The number of aromatic nitrogens is 2. The predicted molar refractivity (Wildman–Crippen MR) is 84.6 cm³/mol. The van der Waals surface area contributed by atoms with E-state index in [4.69, 9.17) is 0 Å². The Kier molecular flexibility index (Phi) is 2.44. The molecule has 0 aliphatic carbocycles. The lowest BCUT2D eigenvalue weighted by Gasteiger charge is -2.05. The van der Waals surface area contributed by atoms with Crippen molar-refractivity contribution in [2.45, 2.75) is 6.92 Å². The molecule has 98 valence electrons. The third-order valence-electron chi connectivity index (χ3n) is 3.81. The maximum Gasteiger partial charge on any atom is 0.195 e. The van der Waals surface area contributed by atoms with Gasteiger partial charge in [0.05, 0.1) is 6.20 Å². The first-order chi connectivity index (χ1) is 9.74. The van der Waals surface area contributed by atoms with Crippen LogP contribution in [0.4, 0.5) is 0 Å². The van der Waals surface area contributed by atoms with E-state index < -0.39 is 0 Å². The third kappa shape index (κ3) is 1.60. The Hall–Kier alpha value is -2.13. The van der Waals surface area contributed by atoms with Gasteiger partial charge in [-0.25, -0.2) is 0 Å². The zero-order valence-corrected chi connectivity index (χ0v) is 12.3. The van der Waals surface area contributed by atoms with Crippen molar-refractivity contribution >= 4 is 31.5 Å². The summed E-state index contributed by atoms with van der Waals surface area (Å²) >= 11 is 1.87. The van der Waals surface area contributed by atoms with Gasteiger partial charge in [-0.05, 0) is 30.7 Å². The Bertz CT molecular complexity index is 931. The van der Waals surface area contributed by atoms with Crippen LogP contribution >= 0.6 is 11.3 Å². The van der Waals surface area contributed by atoms with Crippen molar-refractivity contribution in [2.75, 3.05) is 0 Å². The fourth-order valence-corrected chi connectivity index (χ4v) is 3.97. The van der Waals surface area contributed by atoms with E-state index in [-0.39, 0.29) is 0 Å². The van der Waals surface area contributed by atoms with E-state index in [9.17, 15) is 0 Å². The van der Waals surface area contributed by atoms with Crippen LogP contribution in [0.25, 0.3) is 25.9 Å². The zero-order chi connectivity index (χ0) is 13.7. The number of thiophene rings is 1. The third-order valence-corrected chi connectivity index (χ3v) is 4.94. The second kappa shape index (κ2) is 4.18. The van der Waals surface area contributed by atoms with Crippen molar-refractivity contribution in [1.29, 1.82) is 0 Å². The molecule has 4 aromatic rings. The smallest absolute Gasteiger partial charge is 0.135 e. The molecular formula is C17H15N2S+. The Morgan fingerprint density at radius 1 is 1.00 bits per heavy atom. The lowest BCUT2D eigenvalue weighted by atomic mass is 10.1. The maximum atomic E-state index is 2.31. The Balaban J connectivity index is 2.10. The summed E-state index contributed by atoms with van der Waals surface area (Å²) in [7, 11) is 2.06. The fourth-order valence-electron chi connectivity index (χ4n) is 2.78. The lowest BCUT2D eigenvalue weighted by molar-refractivity contribution is -0.744. The second-order valence-electron chi connectivity index (χ2n) is 5.14. The summed E-state index contributed by atoms with van der Waals surface area (Å²) in [4.78, 5) is 0. The minimum absolute atomic E-state index is 1.24. The van der Waals surface area contributed by atoms with Crippen LogP contribution in [0.1, 0.15) is 5.56 Å². The largest absolute Gasteiger partial charge is 0.195 e. The minimum atomic E-state index is 1.24. The van der Waals surface area contributed by atoms with Crippen LogP contribution in [0.15, 0.2) is 54.9 Å². The van der Waals surface area contributed by atoms with Crippen LogP contribution in [-0.2, 0) is 7.05 Å². The molecule has 0 fully saturated rings. The van der Waals surface area contributed by atoms with Crippen LogP contribution in [0.5, 0.6) is 0 Å². The summed E-state index contributed by atoms with van der Waals surface area (Å²) in [6, 6.07) is 15.3. The summed E-state index contributed by atoms with van der Waals surface area (Å²) < 4.78 is 7.00. The molecule has 0 spiro atoms. The summed E-state index contributed by atoms with van der Waals surface area (Å²) in [5, 5.41) is 2.70. The molecule has 0 aliphatic heterocycles. The normalized spacial score (nSPS) is 11.5. The monoisotopic (exact) mass is 279 g/mol. The number of nitrogens with zero attached hydrogens (tertiary/aromatic N) is 2. The van der Waals surface area contributed by atoms with E-state index >= 15 is 0 Å². The van der Waals surface area contributed by atoms with Gasteiger partial charge < -0.3 is 0 Å². The number of fused-ring (bicyclic) bond motifs is 3. The number of aryl methyl sites for hydroxylation is 2. The summed E-state index contributed by atoms with van der Waals surface area (Å²) in [6.45, 7) is 2.18. The topological polar surface area (TPSA) is 8.81 Å². The molecule has 0 saturated heterocycles. The van der Waals surface area contributed by atoms with E-state index in [0.29, 0.717) is 0 Å². The highest BCUT2D eigenvalue weighted by Gasteiger charge is 2.12. The predicted octanol–water partition coefficient (Wildman–Crippen LogP) is 3.98. The molecule has 0 N–H and O–H groups in total. The molecule has 0 radical (unpaired) electrons. The van der Waals surface area contributed by atoms with Gasteiger partial charge in [-0.15, -0.1) is 20.7 Å². The van der Waals surface area contributed by atoms with E-state index in [1.807, 2.05) is 11.3 Å². The standard InChI is InChI=1S/C17H15N2S/c1-12-10-17-14(13-6-3-4-7-16(13)20-17)11-15(12)19-9-5-8-18(19)2/h3-11H,1-2H3/q+1. The van der Waals surface area contributed by atoms with Crippen LogP contribution in [-0.4, -0.2) is 4.68 Å². The van der Waals surface area contributed by atoms with Gasteiger partial charge in [0.15, 0.2) is 13.2 Å². The van der Waals surface area contributed by atoms with Crippen molar-refractivity contribution in [3.05, 3.63) is 60.4 Å². The molecule has 2 aromatic heterocycles. The molecule has 2 heterocycles. The van der Waals surface area contributed by atoms with Crippen LogP contribution in [0.3, 0.4) is 0 Å². The van der Waals surface area contributed by atoms with Crippen molar-refractivity contribution in [2.24, 2.45) is 7.05 Å². The number of hydrogen-bond acceptors (Lipinski definition) is 1. The van der Waals surface area contributed by atoms with Crippen LogP contribution in [0, 0.1) is 6.92 Å². The molecular weight excluding hydrogens is 264 g/mol. The first kappa shape index (κ1) is 11.7. The van der Waals surface area contributed by atoms with Gasteiger partial charge in [0.1, 0.15) is 5.69 Å². The molecule has 2 aromatic carbocycles. The summed E-state index contributed by atoms with van der Waals surface area (Å²) in [5.41, 5.74) is 2.55. The molecule has 0 amide bonds. The zero-order valence-electron chi connectivity index (χ0n) is 11.5. The number of benzene rings is 2. The van der Waals surface area contributed by atoms with E-state index in [0.717, 1.165) is 0 Å². The molecule has 3 heteroatoms. The van der Waals surface area contributed by atoms with Gasteiger partial charge >= 0.3 is 0 Å². The Labute approximate surface area is 121 Å². The van der Waals surface area contributed by atoms with Gasteiger partial charge in [0.25, 0.3) is 0 Å². The van der Waals surface area contributed by atoms with Gasteiger partial charge in [0, 0.05) is 26.2 Å². The molecule has 0 aliphatic rings. The maximum absolute atomic E-state index is 2.31. The minimum Gasteiger partial charge on any atom is -0.135 e. The first-order valence-electron chi connectivity index (χ1n) is 6.69. The fraction of sp³-hybridized carbons (Fsp3) is 0.118. The Morgan fingerprint density at radius 3 is 2.65 bits per heavy atom. The molecule has 0 bridgehead atoms. The van der Waals surface area contributed by atoms with Crippen LogP contribution < -0.4 is 4.68 Å². The van der Waals surface area contributed by atoms with Gasteiger partial charge in [0.2, 0.25) is 0 Å². The molecule has 4 rings (SSSR count). The van der Waals surface area contributed by atoms with Crippen molar-refractivity contribution in [1.82, 2.24) is 4.68 Å². The quantitative estimate of drug-likeness (QED) is 0.466. The van der Waals surface area contributed by atoms with Crippen LogP contribution in [0.2, 0.25) is 0 Å². The van der Waals surface area contributed by atoms with Gasteiger partial charge in [-0.2, -0.15) is 0 Å².